The van der Waals surface area contributed by atoms with Crippen LogP contribution in [0.4, 0.5) is 0 Å². The van der Waals surface area contributed by atoms with Gasteiger partial charge in [-0.15, -0.1) is 0 Å². The van der Waals surface area contributed by atoms with Crippen molar-refractivity contribution in [2.24, 2.45) is 29.1 Å². The van der Waals surface area contributed by atoms with Crippen LogP contribution in [0.2, 0.25) is 0 Å². The first-order valence-corrected chi connectivity index (χ1v) is 9.96. The molecule has 2 spiro atoms. The van der Waals surface area contributed by atoms with Crippen LogP contribution in [0.15, 0.2) is 46.9 Å². The summed E-state index contributed by atoms with van der Waals surface area (Å²) in [6.07, 6.45) is 6.09. The average Bonchev–Trinajstić information content (AvgIpc) is 3.16. The Labute approximate surface area is 145 Å². The second kappa shape index (κ2) is 3.47. The highest BCUT2D eigenvalue weighted by Gasteiger charge is 2.84. The lowest BCUT2D eigenvalue weighted by atomic mass is 9.27. The molecule has 0 radical (unpaired) electrons. The van der Waals surface area contributed by atoms with Crippen molar-refractivity contribution in [1.29, 1.82) is 0 Å². The number of halogens is 1. The molecular weight excluding hydrogens is 344 g/mol. The van der Waals surface area contributed by atoms with Crippen molar-refractivity contribution >= 4 is 15.9 Å². The molecule has 2 aromatic rings. The summed E-state index contributed by atoms with van der Waals surface area (Å²) in [5.41, 5.74) is 7.44. The van der Waals surface area contributed by atoms with E-state index in [2.05, 4.69) is 58.4 Å². The topological polar surface area (TPSA) is 0 Å². The van der Waals surface area contributed by atoms with Gasteiger partial charge < -0.3 is 0 Å². The highest BCUT2D eigenvalue weighted by Crippen LogP contribution is 2.89. The molecule has 0 heterocycles. The summed E-state index contributed by atoms with van der Waals surface area (Å²) < 4.78 is 1.29. The van der Waals surface area contributed by atoms with Crippen LogP contribution in [-0.4, -0.2) is 0 Å². The average molecular weight is 363 g/mol. The summed E-state index contributed by atoms with van der Waals surface area (Å²) in [7, 11) is 0. The molecule has 2 aromatic carbocycles. The van der Waals surface area contributed by atoms with Gasteiger partial charge in [-0.05, 0) is 77.5 Å². The zero-order valence-electron chi connectivity index (χ0n) is 13.1. The lowest BCUT2D eigenvalue weighted by Gasteiger charge is -2.76. The van der Waals surface area contributed by atoms with E-state index in [4.69, 9.17) is 0 Å². The molecule has 0 saturated heterocycles. The van der Waals surface area contributed by atoms with Gasteiger partial charge in [-0.1, -0.05) is 52.3 Å². The predicted octanol–water partition coefficient (Wildman–Crippen LogP) is 5.78. The Morgan fingerprint density at radius 3 is 2.61 bits per heavy atom. The second-order valence-corrected chi connectivity index (χ2v) is 9.62. The monoisotopic (exact) mass is 362 g/mol. The summed E-state index contributed by atoms with van der Waals surface area (Å²) in [4.78, 5) is 0. The Hall–Kier alpha value is -1.08. The first kappa shape index (κ1) is 12.3. The third-order valence-electron chi connectivity index (χ3n) is 8.61. The zero-order chi connectivity index (χ0) is 15.0. The molecule has 5 aliphatic rings. The molecule has 0 nitrogen and oxygen atoms in total. The number of rotatable bonds is 0. The van der Waals surface area contributed by atoms with Crippen molar-refractivity contribution in [2.75, 3.05) is 0 Å². The van der Waals surface area contributed by atoms with Crippen molar-refractivity contribution in [2.45, 2.75) is 31.1 Å². The molecular formula is C22H19Br. The molecule has 4 fully saturated rings. The molecule has 114 valence electrons. The van der Waals surface area contributed by atoms with Crippen LogP contribution in [0.1, 0.15) is 36.8 Å². The van der Waals surface area contributed by atoms with Crippen molar-refractivity contribution < 1.29 is 0 Å². The summed E-state index contributed by atoms with van der Waals surface area (Å²) in [5.74, 6) is 3.96. The van der Waals surface area contributed by atoms with E-state index in [9.17, 15) is 0 Å². The summed E-state index contributed by atoms with van der Waals surface area (Å²) in [6.45, 7) is 0. The van der Waals surface area contributed by atoms with Gasteiger partial charge in [-0.2, -0.15) is 0 Å². The number of hydrogen-bond donors (Lipinski definition) is 0. The van der Waals surface area contributed by atoms with Gasteiger partial charge in [0.1, 0.15) is 0 Å². The molecule has 5 aliphatic carbocycles. The first-order valence-electron chi connectivity index (χ1n) is 9.17. The van der Waals surface area contributed by atoms with Crippen molar-refractivity contribution in [3.63, 3.8) is 0 Å². The van der Waals surface area contributed by atoms with E-state index in [1.807, 2.05) is 0 Å². The minimum atomic E-state index is 0.362. The summed E-state index contributed by atoms with van der Waals surface area (Å²) in [6, 6.07) is 16.3. The third-order valence-corrected chi connectivity index (χ3v) is 9.27. The fraction of sp³-hybridized carbons (Fsp3) is 0.455. The molecule has 1 heteroatoms. The van der Waals surface area contributed by atoms with Crippen LogP contribution in [0.25, 0.3) is 11.1 Å². The van der Waals surface area contributed by atoms with Crippen LogP contribution in [0.5, 0.6) is 0 Å². The minimum Gasteiger partial charge on any atom is -0.0619 e. The fourth-order valence-electron chi connectivity index (χ4n) is 8.33. The van der Waals surface area contributed by atoms with Gasteiger partial charge in [0.2, 0.25) is 0 Å². The second-order valence-electron chi connectivity index (χ2n) is 8.77. The molecule has 6 unspecified atom stereocenters. The lowest BCUT2D eigenvalue weighted by Crippen LogP contribution is -2.73. The molecule has 4 saturated carbocycles. The number of hydrogen-bond acceptors (Lipinski definition) is 0. The van der Waals surface area contributed by atoms with Crippen LogP contribution in [0.3, 0.4) is 0 Å². The van der Waals surface area contributed by atoms with E-state index >= 15 is 0 Å². The Morgan fingerprint density at radius 1 is 0.870 bits per heavy atom. The van der Waals surface area contributed by atoms with Gasteiger partial charge in [-0.3, -0.25) is 0 Å². The fourth-order valence-corrected chi connectivity index (χ4v) is 8.91. The summed E-state index contributed by atoms with van der Waals surface area (Å²) >= 11 is 3.87. The number of fused-ring (bicyclic) bond motifs is 8. The van der Waals surface area contributed by atoms with E-state index < -0.39 is 0 Å². The molecule has 2 bridgehead atoms. The van der Waals surface area contributed by atoms with E-state index in [0.717, 1.165) is 29.1 Å². The van der Waals surface area contributed by atoms with E-state index in [1.54, 1.807) is 24.0 Å². The predicted molar refractivity (Wildman–Crippen MR) is 95.2 cm³/mol. The van der Waals surface area contributed by atoms with E-state index in [0.29, 0.717) is 5.41 Å². The van der Waals surface area contributed by atoms with Crippen molar-refractivity contribution in [1.82, 2.24) is 0 Å². The quantitative estimate of drug-likeness (QED) is 0.556. The Bertz CT molecular complexity index is 899. The largest absolute Gasteiger partial charge is 0.0619 e. The van der Waals surface area contributed by atoms with Gasteiger partial charge in [0.25, 0.3) is 0 Å². The van der Waals surface area contributed by atoms with Gasteiger partial charge in [0, 0.05) is 15.5 Å². The van der Waals surface area contributed by atoms with Crippen LogP contribution < -0.4 is 0 Å². The number of benzene rings is 2. The third kappa shape index (κ3) is 0.991. The van der Waals surface area contributed by atoms with Gasteiger partial charge in [0.15, 0.2) is 0 Å². The van der Waals surface area contributed by atoms with Crippen molar-refractivity contribution in [3.8, 4) is 11.1 Å². The Kier molecular flexibility index (Phi) is 1.86. The first-order chi connectivity index (χ1) is 11.3. The molecule has 0 aromatic heterocycles. The molecule has 0 N–H and O–H groups in total. The van der Waals surface area contributed by atoms with Crippen LogP contribution >= 0.6 is 15.9 Å². The Balaban J connectivity index is 1.58. The SMILES string of the molecule is Brc1cccc2c1-c1ccccc1C21C2CC3CC4CC1C42C3. The van der Waals surface area contributed by atoms with E-state index in [1.165, 1.54) is 28.4 Å². The maximum Gasteiger partial charge on any atom is 0.0283 e. The maximum absolute atomic E-state index is 3.87. The molecule has 7 rings (SSSR count). The maximum atomic E-state index is 3.87. The summed E-state index contributed by atoms with van der Waals surface area (Å²) in [5, 5.41) is 0. The van der Waals surface area contributed by atoms with Crippen LogP contribution in [0, 0.1) is 29.1 Å². The Morgan fingerprint density at radius 2 is 1.70 bits per heavy atom. The normalized spacial score (nSPS) is 46.1. The van der Waals surface area contributed by atoms with Gasteiger partial charge in [0.05, 0.1) is 0 Å². The lowest BCUT2D eigenvalue weighted by molar-refractivity contribution is -0.231. The molecule has 6 atom stereocenters. The van der Waals surface area contributed by atoms with Crippen molar-refractivity contribution in [3.05, 3.63) is 58.1 Å². The molecule has 23 heavy (non-hydrogen) atoms. The highest BCUT2D eigenvalue weighted by atomic mass is 79.9. The van der Waals surface area contributed by atoms with Gasteiger partial charge in [-0.25, -0.2) is 0 Å². The minimum absolute atomic E-state index is 0.362. The molecule has 0 aliphatic heterocycles. The standard InChI is InChI=1S/C22H19Br/c23-17-7-3-6-16-20(17)14-4-1-2-5-15(14)22(16)18-9-12-8-13-10-19(22)21(13,18)11-12/h1-7,12-13,18-19H,8-11H2. The highest BCUT2D eigenvalue weighted by molar-refractivity contribution is 9.10. The van der Waals surface area contributed by atoms with Gasteiger partial charge >= 0.3 is 0 Å². The smallest absolute Gasteiger partial charge is 0.0283 e. The molecule has 0 amide bonds. The van der Waals surface area contributed by atoms with E-state index in [-0.39, 0.29) is 0 Å². The van der Waals surface area contributed by atoms with Crippen LogP contribution in [-0.2, 0) is 5.41 Å². The zero-order valence-corrected chi connectivity index (χ0v) is 14.6.